The van der Waals surface area contributed by atoms with Crippen LogP contribution in [0.2, 0.25) is 15.1 Å². The quantitative estimate of drug-likeness (QED) is 0.178. The van der Waals surface area contributed by atoms with Gasteiger partial charge in [-0.05, 0) is 67.1 Å². The topological polar surface area (TPSA) is 77.7 Å². The van der Waals surface area contributed by atoms with Crippen LogP contribution < -0.4 is 5.32 Å². The number of hydrogen-bond donors (Lipinski definition) is 2. The average molecular weight is 672 g/mol. The Labute approximate surface area is 276 Å². The molecule has 0 radical (unpaired) electrons. The van der Waals surface area contributed by atoms with Crippen molar-refractivity contribution in [3.05, 3.63) is 99.1 Å². The lowest BCUT2D eigenvalue weighted by Gasteiger charge is -2.36. The molecule has 0 saturated carbocycles. The summed E-state index contributed by atoms with van der Waals surface area (Å²) in [5, 5.41) is 5.97. The van der Waals surface area contributed by atoms with Crippen LogP contribution in [0.25, 0.3) is 10.9 Å². The Hall–Kier alpha value is -2.72. The van der Waals surface area contributed by atoms with Gasteiger partial charge in [0.25, 0.3) is 0 Å². The van der Waals surface area contributed by atoms with Crippen molar-refractivity contribution >= 4 is 69.3 Å². The molecular weight excluding hydrogens is 639 g/mol. The van der Waals surface area contributed by atoms with E-state index < -0.39 is 10.8 Å². The number of halogens is 3. The minimum absolute atomic E-state index is 0.0358. The average Bonchev–Trinajstić information content (AvgIpc) is 3.55. The van der Waals surface area contributed by atoms with E-state index in [9.17, 15) is 9.59 Å². The second-order valence-corrected chi connectivity index (χ2v) is 13.9. The molecule has 2 fully saturated rings. The lowest BCUT2D eigenvalue weighted by Crippen LogP contribution is -2.48. The highest BCUT2D eigenvalue weighted by Gasteiger charge is 2.58. The Morgan fingerprint density at radius 1 is 0.977 bits per heavy atom. The number of aromatic nitrogens is 1. The van der Waals surface area contributed by atoms with Gasteiger partial charge in [-0.25, -0.2) is 0 Å². The molecule has 2 N–H and O–H groups in total. The summed E-state index contributed by atoms with van der Waals surface area (Å²) in [6, 6.07) is 19.9. The van der Waals surface area contributed by atoms with Crippen molar-refractivity contribution in [2.24, 2.45) is 0 Å². The zero-order valence-corrected chi connectivity index (χ0v) is 27.1. The highest BCUT2D eigenvalue weighted by atomic mass is 35.5. The predicted octanol–water partition coefficient (Wildman–Crippen LogP) is 6.97. The first-order chi connectivity index (χ1) is 21.3. The monoisotopic (exact) mass is 670 g/mol. The first-order valence-corrected chi connectivity index (χ1v) is 16.6. The summed E-state index contributed by atoms with van der Waals surface area (Å²) in [5.41, 5.74) is 2.63. The van der Waals surface area contributed by atoms with Gasteiger partial charge < -0.3 is 19.9 Å². The Morgan fingerprint density at radius 2 is 1.66 bits per heavy atom. The van der Waals surface area contributed by atoms with E-state index in [2.05, 4.69) is 15.2 Å². The molecular formula is C33H33Cl3N4O3S. The molecule has 6 rings (SSSR count). The summed E-state index contributed by atoms with van der Waals surface area (Å²) in [6.07, 6.45) is 2.74. The van der Waals surface area contributed by atoms with Gasteiger partial charge in [-0.1, -0.05) is 53.0 Å². The zero-order chi connectivity index (χ0) is 30.7. The van der Waals surface area contributed by atoms with Crippen LogP contribution in [0.4, 0.5) is 0 Å². The van der Waals surface area contributed by atoms with E-state index in [1.807, 2.05) is 77.8 Å². The number of thioether (sulfide) groups is 1. The van der Waals surface area contributed by atoms with Gasteiger partial charge in [0.15, 0.2) is 0 Å². The van der Waals surface area contributed by atoms with E-state index in [-0.39, 0.29) is 18.2 Å². The largest absolute Gasteiger partial charge is 0.379 e. The fraction of sp³-hybridized carbons (Fsp3) is 0.333. The molecule has 0 aliphatic carbocycles. The number of carbonyl (C=O) groups is 2. The lowest BCUT2D eigenvalue weighted by molar-refractivity contribution is -0.129. The van der Waals surface area contributed by atoms with Crippen molar-refractivity contribution in [1.29, 1.82) is 0 Å². The fourth-order valence-corrected chi connectivity index (χ4v) is 7.93. The molecule has 2 aliphatic heterocycles. The number of H-pyrrole nitrogens is 1. The van der Waals surface area contributed by atoms with Gasteiger partial charge in [0, 0.05) is 68.8 Å². The SMILES string of the molecule is O=C1C[C@](Sc2ccc(Cl)cc2)(C(=O)NCCCN2CCOCC2)[C@H](c2c[nH]c3cc(Cl)ccc23)N1Cc1ccc(Cl)cc1. The molecule has 3 aromatic carbocycles. The van der Waals surface area contributed by atoms with Crippen LogP contribution in [0.15, 0.2) is 77.8 Å². The number of hydrogen-bond acceptors (Lipinski definition) is 5. The molecule has 44 heavy (non-hydrogen) atoms. The van der Waals surface area contributed by atoms with Gasteiger partial charge >= 0.3 is 0 Å². The van der Waals surface area contributed by atoms with E-state index in [0.29, 0.717) is 28.2 Å². The number of benzene rings is 3. The van der Waals surface area contributed by atoms with E-state index in [1.165, 1.54) is 11.8 Å². The second-order valence-electron chi connectivity index (χ2n) is 11.2. The van der Waals surface area contributed by atoms with E-state index in [0.717, 1.165) is 66.2 Å². The van der Waals surface area contributed by atoms with Gasteiger partial charge in [-0.2, -0.15) is 0 Å². The van der Waals surface area contributed by atoms with Crippen LogP contribution in [0.3, 0.4) is 0 Å². The van der Waals surface area contributed by atoms with Gasteiger partial charge in [-0.15, -0.1) is 11.8 Å². The maximum atomic E-state index is 14.6. The van der Waals surface area contributed by atoms with Crippen molar-refractivity contribution in [2.75, 3.05) is 39.4 Å². The molecule has 11 heteroatoms. The lowest BCUT2D eigenvalue weighted by atomic mass is 9.91. The minimum atomic E-state index is -1.16. The first-order valence-electron chi connectivity index (χ1n) is 14.7. The summed E-state index contributed by atoms with van der Waals surface area (Å²) >= 11 is 20.1. The number of aromatic amines is 1. The Kier molecular flexibility index (Phi) is 9.76. The van der Waals surface area contributed by atoms with Crippen molar-refractivity contribution in [1.82, 2.24) is 20.1 Å². The molecule has 2 saturated heterocycles. The molecule has 230 valence electrons. The summed E-state index contributed by atoms with van der Waals surface area (Å²) < 4.78 is 4.30. The van der Waals surface area contributed by atoms with E-state index in [1.54, 1.807) is 0 Å². The third-order valence-electron chi connectivity index (χ3n) is 8.26. The number of fused-ring (bicyclic) bond motifs is 1. The Morgan fingerprint density at radius 3 is 2.39 bits per heavy atom. The summed E-state index contributed by atoms with van der Waals surface area (Å²) in [4.78, 5) is 37.0. The van der Waals surface area contributed by atoms with Crippen LogP contribution in [-0.4, -0.2) is 70.7 Å². The standard InChI is InChI=1S/C33H33Cl3N4O3S/c34-23-4-2-22(3-5-23)21-40-30(41)19-33(44-26-9-6-24(35)7-10-26,32(42)37-12-1-13-39-14-16-43-17-15-39)31(40)28-20-38-29-18-25(36)8-11-27(28)29/h2-11,18,20,31,38H,1,12-17,19,21H2,(H,37,42)/t31-,33+/m0/s1. The highest BCUT2D eigenvalue weighted by molar-refractivity contribution is 8.01. The number of nitrogens with one attached hydrogen (secondary N) is 2. The van der Waals surface area contributed by atoms with Crippen molar-refractivity contribution in [3.63, 3.8) is 0 Å². The smallest absolute Gasteiger partial charge is 0.239 e. The number of carbonyl (C=O) groups excluding carboxylic acids is 2. The van der Waals surface area contributed by atoms with E-state index >= 15 is 0 Å². The number of morpholine rings is 1. The van der Waals surface area contributed by atoms with Gasteiger partial charge in [0.1, 0.15) is 4.75 Å². The molecule has 3 heterocycles. The fourth-order valence-electron chi connectivity index (χ4n) is 6.09. The van der Waals surface area contributed by atoms with Crippen LogP contribution >= 0.6 is 46.6 Å². The number of ether oxygens (including phenoxy) is 1. The number of nitrogens with zero attached hydrogens (tertiary/aromatic N) is 2. The number of rotatable bonds is 10. The molecule has 7 nitrogen and oxygen atoms in total. The van der Waals surface area contributed by atoms with Crippen molar-refractivity contribution in [3.8, 4) is 0 Å². The maximum Gasteiger partial charge on any atom is 0.239 e. The number of likely N-dealkylation sites (tertiary alicyclic amines) is 1. The van der Waals surface area contributed by atoms with Crippen LogP contribution in [0.5, 0.6) is 0 Å². The van der Waals surface area contributed by atoms with Crippen molar-refractivity contribution in [2.45, 2.75) is 35.1 Å². The van der Waals surface area contributed by atoms with Gasteiger partial charge in [0.2, 0.25) is 11.8 Å². The number of amides is 2. The van der Waals surface area contributed by atoms with Gasteiger partial charge in [-0.3, -0.25) is 14.5 Å². The Balaban J connectivity index is 1.39. The van der Waals surface area contributed by atoms with Crippen LogP contribution in [0, 0.1) is 0 Å². The summed E-state index contributed by atoms with van der Waals surface area (Å²) in [5.74, 6) is -0.266. The molecule has 4 aromatic rings. The zero-order valence-electron chi connectivity index (χ0n) is 24.0. The van der Waals surface area contributed by atoms with Crippen LogP contribution in [0.1, 0.15) is 30.0 Å². The highest BCUT2D eigenvalue weighted by Crippen LogP contribution is 2.54. The minimum Gasteiger partial charge on any atom is -0.379 e. The van der Waals surface area contributed by atoms with Crippen LogP contribution in [-0.2, 0) is 20.9 Å². The Bertz CT molecular complexity index is 1630. The maximum absolute atomic E-state index is 14.6. The third kappa shape index (κ3) is 6.76. The predicted molar refractivity (Wildman–Crippen MR) is 178 cm³/mol. The molecule has 1 aromatic heterocycles. The summed E-state index contributed by atoms with van der Waals surface area (Å²) in [6.45, 7) is 4.95. The molecule has 2 amide bonds. The second kappa shape index (κ2) is 13.7. The third-order valence-corrected chi connectivity index (χ3v) is 10.4. The normalized spacial score (nSPS) is 20.8. The summed E-state index contributed by atoms with van der Waals surface area (Å²) in [7, 11) is 0. The molecule has 0 unspecified atom stereocenters. The molecule has 2 atom stereocenters. The van der Waals surface area contributed by atoms with Gasteiger partial charge in [0.05, 0.1) is 25.7 Å². The molecule has 0 spiro atoms. The first kappa shape index (κ1) is 31.3. The molecule has 0 bridgehead atoms. The van der Waals surface area contributed by atoms with Crippen molar-refractivity contribution < 1.29 is 14.3 Å². The van der Waals surface area contributed by atoms with E-state index in [4.69, 9.17) is 39.5 Å². The molecule has 2 aliphatic rings.